The Kier molecular flexibility index (Phi) is 7.96. The van der Waals surface area contributed by atoms with Crippen molar-refractivity contribution in [3.63, 3.8) is 0 Å². The Bertz CT molecular complexity index is 1090. The van der Waals surface area contributed by atoms with Crippen molar-refractivity contribution in [2.45, 2.75) is 123 Å². The van der Waals surface area contributed by atoms with Crippen LogP contribution in [-0.4, -0.2) is 34.2 Å². The van der Waals surface area contributed by atoms with E-state index < -0.39 is 5.97 Å². The SMILES string of the molecule is C[C@H](CCC(=O)O)[C@H]1CC[C@H]2[C@@H]3[C@H](O)CC4C[C@@H](NC(=O)c5ccc(C(C)(C)C)cc5)CC[C@]4(C)[C@H]3CC[C@]12C. The highest BCUT2D eigenvalue weighted by atomic mass is 16.4. The molecule has 1 aromatic carbocycles. The van der Waals surface area contributed by atoms with Crippen LogP contribution in [0.4, 0.5) is 0 Å². The number of aliphatic hydroxyl groups excluding tert-OH is 1. The summed E-state index contributed by atoms with van der Waals surface area (Å²) in [5, 5.41) is 24.3. The highest BCUT2D eigenvalue weighted by molar-refractivity contribution is 5.94. The normalized spacial score (nSPS) is 39.9. The number of nitrogens with one attached hydrogen (secondary N) is 1. The van der Waals surface area contributed by atoms with Gasteiger partial charge in [-0.15, -0.1) is 0 Å². The van der Waals surface area contributed by atoms with Crippen LogP contribution in [0.5, 0.6) is 0 Å². The summed E-state index contributed by atoms with van der Waals surface area (Å²) in [6, 6.07) is 8.21. The molecule has 10 atom stereocenters. The molecule has 0 heterocycles. The maximum atomic E-state index is 13.1. The average Bonchev–Trinajstić information content (AvgIpc) is 3.25. The Labute approximate surface area is 241 Å². The number of carboxylic acid groups (broad SMARTS) is 1. The number of fused-ring (bicyclic) bond motifs is 5. The second-order valence-electron chi connectivity index (χ2n) is 15.7. The molecule has 40 heavy (non-hydrogen) atoms. The number of carbonyl (C=O) groups excluding carboxylic acids is 1. The van der Waals surface area contributed by atoms with Crippen molar-refractivity contribution in [1.82, 2.24) is 5.32 Å². The summed E-state index contributed by atoms with van der Waals surface area (Å²) in [5.74, 6) is 2.15. The standard InChI is InChI=1S/C35H53NO4/c1-21(7-14-30(38)39)26-12-13-27-31-28(16-18-35(26,27)6)34(5)17-15-25(19-24(34)20-29(31)37)36-32(40)22-8-10-23(11-9-22)33(2,3)4/h8-11,21,24-29,31,37H,7,12-20H2,1-6H3,(H,36,40)(H,38,39)/t21-,24?,25+,26-,27+,28+,29-,31+,34+,35-/m1/s1. The molecule has 222 valence electrons. The minimum Gasteiger partial charge on any atom is -0.481 e. The predicted molar refractivity (Wildman–Crippen MR) is 159 cm³/mol. The van der Waals surface area contributed by atoms with E-state index in [1.54, 1.807) is 0 Å². The van der Waals surface area contributed by atoms with Crippen LogP contribution in [0.2, 0.25) is 0 Å². The number of aliphatic hydroxyl groups is 1. The molecule has 1 aromatic rings. The number of hydrogen-bond acceptors (Lipinski definition) is 3. The Morgan fingerprint density at radius 2 is 1.62 bits per heavy atom. The van der Waals surface area contributed by atoms with Gasteiger partial charge in [-0.25, -0.2) is 0 Å². The van der Waals surface area contributed by atoms with Crippen molar-refractivity contribution in [2.24, 2.45) is 46.3 Å². The molecule has 0 aliphatic heterocycles. The fourth-order valence-corrected chi connectivity index (χ4v) is 10.3. The molecule has 5 rings (SSSR count). The number of aliphatic carboxylic acids is 1. The average molecular weight is 552 g/mol. The van der Waals surface area contributed by atoms with Gasteiger partial charge in [0.2, 0.25) is 0 Å². The minimum absolute atomic E-state index is 0.0192. The van der Waals surface area contributed by atoms with E-state index in [0.717, 1.165) is 37.7 Å². The molecule has 0 spiro atoms. The Morgan fingerprint density at radius 1 is 0.975 bits per heavy atom. The zero-order valence-electron chi connectivity index (χ0n) is 25.7. The third kappa shape index (κ3) is 5.25. The lowest BCUT2D eigenvalue weighted by molar-refractivity contribution is -0.166. The molecule has 0 radical (unpaired) electrons. The molecule has 1 unspecified atom stereocenters. The molecule has 5 nitrogen and oxygen atoms in total. The lowest BCUT2D eigenvalue weighted by Gasteiger charge is -2.62. The highest BCUT2D eigenvalue weighted by Crippen LogP contribution is 2.68. The van der Waals surface area contributed by atoms with Gasteiger partial charge in [-0.2, -0.15) is 0 Å². The second-order valence-corrected chi connectivity index (χ2v) is 15.7. The van der Waals surface area contributed by atoms with E-state index in [4.69, 9.17) is 0 Å². The fourth-order valence-electron chi connectivity index (χ4n) is 10.3. The molecule has 4 fully saturated rings. The maximum absolute atomic E-state index is 13.1. The van der Waals surface area contributed by atoms with Crippen LogP contribution >= 0.6 is 0 Å². The first-order valence-corrected chi connectivity index (χ1v) is 16.1. The van der Waals surface area contributed by atoms with E-state index in [9.17, 15) is 19.8 Å². The van der Waals surface area contributed by atoms with Crippen molar-refractivity contribution in [1.29, 1.82) is 0 Å². The van der Waals surface area contributed by atoms with Crippen molar-refractivity contribution in [2.75, 3.05) is 0 Å². The third-order valence-corrected chi connectivity index (χ3v) is 12.6. The zero-order chi connectivity index (χ0) is 29.0. The number of hydrogen-bond donors (Lipinski definition) is 3. The van der Waals surface area contributed by atoms with Gasteiger partial charge in [0.05, 0.1) is 6.10 Å². The zero-order valence-corrected chi connectivity index (χ0v) is 25.7. The van der Waals surface area contributed by atoms with E-state index >= 15 is 0 Å². The van der Waals surface area contributed by atoms with Crippen LogP contribution in [0.3, 0.4) is 0 Å². The topological polar surface area (TPSA) is 86.6 Å². The van der Waals surface area contributed by atoms with E-state index in [1.165, 1.54) is 31.2 Å². The van der Waals surface area contributed by atoms with Crippen molar-refractivity contribution in [3.05, 3.63) is 35.4 Å². The van der Waals surface area contributed by atoms with E-state index in [-0.39, 0.29) is 40.7 Å². The maximum Gasteiger partial charge on any atom is 0.303 e. The fraction of sp³-hybridized carbons (Fsp3) is 0.771. The summed E-state index contributed by atoms with van der Waals surface area (Å²) < 4.78 is 0. The van der Waals surface area contributed by atoms with Gasteiger partial charge in [0.15, 0.2) is 0 Å². The van der Waals surface area contributed by atoms with E-state index in [1.807, 2.05) is 12.1 Å². The number of amides is 1. The molecule has 0 bridgehead atoms. The number of benzene rings is 1. The molecule has 3 N–H and O–H groups in total. The quantitative estimate of drug-likeness (QED) is 0.349. The molecule has 4 aliphatic carbocycles. The molecular weight excluding hydrogens is 498 g/mol. The lowest BCUT2D eigenvalue weighted by Crippen LogP contribution is -2.59. The molecule has 0 saturated heterocycles. The number of rotatable bonds is 6. The predicted octanol–water partition coefficient (Wildman–Crippen LogP) is 7.21. The molecule has 4 saturated carbocycles. The largest absolute Gasteiger partial charge is 0.481 e. The summed E-state index contributed by atoms with van der Waals surface area (Å²) in [6.45, 7) is 13.8. The van der Waals surface area contributed by atoms with Gasteiger partial charge in [-0.3, -0.25) is 9.59 Å². The molecule has 0 aromatic heterocycles. The van der Waals surface area contributed by atoms with Gasteiger partial charge in [-0.1, -0.05) is 53.7 Å². The molecule has 5 heteroatoms. The van der Waals surface area contributed by atoms with Crippen LogP contribution in [0.25, 0.3) is 0 Å². The van der Waals surface area contributed by atoms with Crippen LogP contribution in [0.1, 0.15) is 122 Å². The highest BCUT2D eigenvalue weighted by Gasteiger charge is 2.62. The third-order valence-electron chi connectivity index (χ3n) is 12.6. The Morgan fingerprint density at radius 3 is 2.27 bits per heavy atom. The summed E-state index contributed by atoms with van der Waals surface area (Å²) in [6.07, 6.45) is 9.36. The van der Waals surface area contributed by atoms with E-state index in [0.29, 0.717) is 35.5 Å². The Hall–Kier alpha value is -1.88. The first-order chi connectivity index (χ1) is 18.7. The van der Waals surface area contributed by atoms with Crippen molar-refractivity contribution in [3.8, 4) is 0 Å². The number of carbonyl (C=O) groups is 2. The van der Waals surface area contributed by atoms with Gasteiger partial charge >= 0.3 is 5.97 Å². The number of carboxylic acids is 1. The second kappa shape index (κ2) is 10.7. The van der Waals surface area contributed by atoms with Crippen LogP contribution in [-0.2, 0) is 10.2 Å². The van der Waals surface area contributed by atoms with Crippen LogP contribution < -0.4 is 5.32 Å². The first kappa shape index (κ1) is 29.6. The minimum atomic E-state index is -0.692. The molecule has 1 amide bonds. The Balaban J connectivity index is 1.25. The van der Waals surface area contributed by atoms with Crippen LogP contribution in [0, 0.1) is 46.3 Å². The molecule has 4 aliphatic rings. The van der Waals surface area contributed by atoms with Crippen LogP contribution in [0.15, 0.2) is 24.3 Å². The van der Waals surface area contributed by atoms with Gasteiger partial charge in [0, 0.05) is 18.0 Å². The summed E-state index contributed by atoms with van der Waals surface area (Å²) in [4.78, 5) is 24.4. The van der Waals surface area contributed by atoms with E-state index in [2.05, 4.69) is 59.0 Å². The smallest absolute Gasteiger partial charge is 0.303 e. The summed E-state index contributed by atoms with van der Waals surface area (Å²) in [5.41, 5.74) is 2.45. The summed E-state index contributed by atoms with van der Waals surface area (Å²) >= 11 is 0. The monoisotopic (exact) mass is 551 g/mol. The first-order valence-electron chi connectivity index (χ1n) is 16.1. The van der Waals surface area contributed by atoms with Gasteiger partial charge in [0.1, 0.15) is 0 Å². The van der Waals surface area contributed by atoms with Gasteiger partial charge in [0.25, 0.3) is 5.91 Å². The molecular formula is C35H53NO4. The van der Waals surface area contributed by atoms with Crippen molar-refractivity contribution < 1.29 is 19.8 Å². The lowest BCUT2D eigenvalue weighted by atomic mass is 9.43. The van der Waals surface area contributed by atoms with Crippen molar-refractivity contribution >= 4 is 11.9 Å². The summed E-state index contributed by atoms with van der Waals surface area (Å²) in [7, 11) is 0. The van der Waals surface area contributed by atoms with Gasteiger partial charge < -0.3 is 15.5 Å². The van der Waals surface area contributed by atoms with Gasteiger partial charge in [-0.05, 0) is 127 Å².